The second-order valence-corrected chi connectivity index (χ2v) is 18.9. The third-order valence-electron chi connectivity index (χ3n) is 13.5. The van der Waals surface area contributed by atoms with Crippen LogP contribution in [0.25, 0.3) is 0 Å². The van der Waals surface area contributed by atoms with Crippen molar-refractivity contribution in [2.45, 2.75) is 250 Å². The van der Waals surface area contributed by atoms with Crippen molar-refractivity contribution in [2.75, 3.05) is 47.0 Å². The van der Waals surface area contributed by atoms with Crippen LogP contribution in [0.15, 0.2) is 0 Å². The van der Waals surface area contributed by atoms with E-state index < -0.39 is 0 Å². The molecule has 2 saturated carbocycles. The summed E-state index contributed by atoms with van der Waals surface area (Å²) in [6.07, 6.45) is 44.7. The molecule has 2 rings (SSSR count). The Morgan fingerprint density at radius 1 is 0.492 bits per heavy atom. The van der Waals surface area contributed by atoms with Crippen molar-refractivity contribution >= 4 is 17.8 Å². The standard InChI is InChI=1S/C51H96N2O6/c1-52(41-31-32-42-54)48(40-30-24-34-44-59-51(57)47-37-27-21-17-13-9-5-6-10-14-18-22-28-38-47)39-29-23-33-43-58-49(55)45-53(2)50(56)46-35-25-19-15-11-7-3-4-8-12-16-20-26-36-46/h46-48,54H,3-45H2,1-2H3. The first-order chi connectivity index (χ1) is 28.9. The molecule has 0 aromatic carbocycles. The van der Waals surface area contributed by atoms with Crippen molar-refractivity contribution < 1.29 is 29.0 Å². The Hall–Kier alpha value is -1.67. The van der Waals surface area contributed by atoms with E-state index in [0.29, 0.717) is 19.3 Å². The molecule has 8 heteroatoms. The number of unbranched alkanes of at least 4 members (excludes halogenated alkanes) is 5. The highest BCUT2D eigenvalue weighted by Gasteiger charge is 2.24. The molecular formula is C51H96N2O6. The summed E-state index contributed by atoms with van der Waals surface area (Å²) in [6.45, 7) is 2.20. The van der Waals surface area contributed by atoms with Gasteiger partial charge in [-0.2, -0.15) is 0 Å². The fourth-order valence-electron chi connectivity index (χ4n) is 9.53. The third kappa shape index (κ3) is 29.3. The summed E-state index contributed by atoms with van der Waals surface area (Å²) in [5.74, 6) is -0.0379. The molecule has 0 aromatic rings. The topological polar surface area (TPSA) is 96.4 Å². The van der Waals surface area contributed by atoms with Crippen LogP contribution < -0.4 is 0 Å². The minimum absolute atomic E-state index is 0.0221. The summed E-state index contributed by atoms with van der Waals surface area (Å²) >= 11 is 0. The molecule has 0 spiro atoms. The number of rotatable bonds is 21. The van der Waals surface area contributed by atoms with Crippen LogP contribution in [0.1, 0.15) is 244 Å². The maximum absolute atomic E-state index is 13.4. The van der Waals surface area contributed by atoms with Crippen LogP contribution in [0, 0.1) is 11.8 Å². The summed E-state index contributed by atoms with van der Waals surface area (Å²) in [5, 5.41) is 9.33. The number of amides is 1. The van der Waals surface area contributed by atoms with E-state index in [2.05, 4.69) is 11.9 Å². The van der Waals surface area contributed by atoms with Gasteiger partial charge in [-0.05, 0) is 77.8 Å². The monoisotopic (exact) mass is 833 g/mol. The average Bonchev–Trinajstić information content (AvgIpc) is 3.25. The van der Waals surface area contributed by atoms with E-state index in [1.165, 1.54) is 128 Å². The van der Waals surface area contributed by atoms with Gasteiger partial charge in [0.2, 0.25) is 5.91 Å². The van der Waals surface area contributed by atoms with Gasteiger partial charge in [-0.15, -0.1) is 0 Å². The summed E-state index contributed by atoms with van der Waals surface area (Å²) in [4.78, 5) is 43.4. The van der Waals surface area contributed by atoms with Gasteiger partial charge in [-0.3, -0.25) is 14.4 Å². The summed E-state index contributed by atoms with van der Waals surface area (Å²) in [6, 6.07) is 0.474. The number of hydrogen-bond donors (Lipinski definition) is 1. The molecule has 1 amide bonds. The van der Waals surface area contributed by atoms with E-state index >= 15 is 0 Å². The molecule has 0 saturated heterocycles. The first-order valence-corrected chi connectivity index (χ1v) is 25.8. The second kappa shape index (κ2) is 38.0. The van der Waals surface area contributed by atoms with Crippen LogP contribution in [-0.2, 0) is 23.9 Å². The predicted molar refractivity (Wildman–Crippen MR) is 245 cm³/mol. The minimum Gasteiger partial charge on any atom is -0.465 e. The number of hydrogen-bond acceptors (Lipinski definition) is 7. The normalized spacial score (nSPS) is 19.4. The van der Waals surface area contributed by atoms with Crippen LogP contribution in [0.5, 0.6) is 0 Å². The SMILES string of the molecule is CN(CC(=O)OCCCCCC(CCCCCOC(=O)C1CCCCCCCCCCCCCC1)N(C)CCCCO)C(=O)C1CCCCCCCCCCCCCC1. The number of carbonyl (C=O) groups is 3. The molecule has 346 valence electrons. The number of aliphatic hydroxyl groups is 1. The molecule has 0 aromatic heterocycles. The zero-order chi connectivity index (χ0) is 42.4. The second-order valence-electron chi connectivity index (χ2n) is 18.9. The zero-order valence-electron chi connectivity index (χ0n) is 39.0. The van der Waals surface area contributed by atoms with Crippen molar-refractivity contribution in [3.05, 3.63) is 0 Å². The molecule has 59 heavy (non-hydrogen) atoms. The number of ether oxygens (including phenoxy) is 2. The van der Waals surface area contributed by atoms with Gasteiger partial charge in [0.05, 0.1) is 19.1 Å². The van der Waals surface area contributed by atoms with Crippen LogP contribution in [-0.4, -0.2) is 85.8 Å². The molecule has 0 radical (unpaired) electrons. The molecular weight excluding hydrogens is 737 g/mol. The van der Waals surface area contributed by atoms with Gasteiger partial charge >= 0.3 is 11.9 Å². The fraction of sp³-hybridized carbons (Fsp3) is 0.941. The maximum Gasteiger partial charge on any atom is 0.325 e. The molecule has 1 unspecified atom stereocenters. The lowest BCUT2D eigenvalue weighted by atomic mass is 9.93. The van der Waals surface area contributed by atoms with Gasteiger partial charge < -0.3 is 24.4 Å². The molecule has 1 atom stereocenters. The van der Waals surface area contributed by atoms with Gasteiger partial charge in [0.1, 0.15) is 6.54 Å². The van der Waals surface area contributed by atoms with E-state index in [1.807, 2.05) is 0 Å². The Bertz CT molecular complexity index is 977. The van der Waals surface area contributed by atoms with Crippen molar-refractivity contribution in [3.63, 3.8) is 0 Å². The van der Waals surface area contributed by atoms with E-state index in [-0.39, 0.29) is 42.8 Å². The first kappa shape index (κ1) is 53.5. The molecule has 0 heterocycles. The van der Waals surface area contributed by atoms with Crippen LogP contribution in [0.2, 0.25) is 0 Å². The Kier molecular flexibility index (Phi) is 34.5. The fourth-order valence-corrected chi connectivity index (χ4v) is 9.53. The van der Waals surface area contributed by atoms with E-state index in [0.717, 1.165) is 122 Å². The Morgan fingerprint density at radius 3 is 1.31 bits per heavy atom. The number of aliphatic hydroxyl groups excluding tert-OH is 1. The van der Waals surface area contributed by atoms with Crippen LogP contribution >= 0.6 is 0 Å². The Balaban J connectivity index is 1.67. The van der Waals surface area contributed by atoms with Crippen molar-refractivity contribution in [1.29, 1.82) is 0 Å². The summed E-state index contributed by atoms with van der Waals surface area (Å²) in [7, 11) is 3.98. The van der Waals surface area contributed by atoms with Gasteiger partial charge in [-0.25, -0.2) is 0 Å². The van der Waals surface area contributed by atoms with E-state index in [9.17, 15) is 19.5 Å². The Labute approximate surface area is 364 Å². The van der Waals surface area contributed by atoms with Crippen molar-refractivity contribution in [1.82, 2.24) is 9.80 Å². The smallest absolute Gasteiger partial charge is 0.325 e. The van der Waals surface area contributed by atoms with Crippen LogP contribution in [0.4, 0.5) is 0 Å². The van der Waals surface area contributed by atoms with Gasteiger partial charge in [0, 0.05) is 25.6 Å². The molecule has 0 bridgehead atoms. The molecule has 0 aliphatic heterocycles. The maximum atomic E-state index is 13.4. The molecule has 2 fully saturated rings. The van der Waals surface area contributed by atoms with Crippen molar-refractivity contribution in [3.8, 4) is 0 Å². The predicted octanol–water partition coefficient (Wildman–Crippen LogP) is 12.9. The summed E-state index contributed by atoms with van der Waals surface area (Å²) in [5.41, 5.74) is 0. The highest BCUT2D eigenvalue weighted by atomic mass is 16.5. The molecule has 1 N–H and O–H groups in total. The van der Waals surface area contributed by atoms with Crippen molar-refractivity contribution in [2.24, 2.45) is 11.8 Å². The highest BCUT2D eigenvalue weighted by molar-refractivity contribution is 5.83. The summed E-state index contributed by atoms with van der Waals surface area (Å²) < 4.78 is 11.5. The number of carbonyl (C=O) groups excluding carboxylic acids is 3. The largest absolute Gasteiger partial charge is 0.465 e. The number of esters is 2. The lowest BCUT2D eigenvalue weighted by Gasteiger charge is -2.28. The number of nitrogens with zero attached hydrogens (tertiary/aromatic N) is 2. The lowest BCUT2D eigenvalue weighted by Crippen LogP contribution is -2.37. The molecule has 8 nitrogen and oxygen atoms in total. The highest BCUT2D eigenvalue weighted by Crippen LogP contribution is 2.24. The van der Waals surface area contributed by atoms with Gasteiger partial charge in [-0.1, -0.05) is 180 Å². The zero-order valence-corrected chi connectivity index (χ0v) is 39.0. The van der Waals surface area contributed by atoms with Gasteiger partial charge in [0.15, 0.2) is 0 Å². The average molecular weight is 833 g/mol. The molecule has 2 aliphatic carbocycles. The van der Waals surface area contributed by atoms with E-state index in [1.54, 1.807) is 11.9 Å². The van der Waals surface area contributed by atoms with Crippen LogP contribution in [0.3, 0.4) is 0 Å². The lowest BCUT2D eigenvalue weighted by molar-refractivity contribution is -0.150. The first-order valence-electron chi connectivity index (χ1n) is 25.8. The molecule has 2 aliphatic rings. The Morgan fingerprint density at radius 2 is 0.881 bits per heavy atom. The number of likely N-dealkylation sites (N-methyl/N-ethyl adjacent to an activating group) is 1. The quantitative estimate of drug-likeness (QED) is 0.0909. The third-order valence-corrected chi connectivity index (χ3v) is 13.5. The van der Waals surface area contributed by atoms with E-state index in [4.69, 9.17) is 9.47 Å². The van der Waals surface area contributed by atoms with Gasteiger partial charge in [0.25, 0.3) is 0 Å². The minimum atomic E-state index is -0.299.